The molecule has 1 aliphatic carbocycles. The van der Waals surface area contributed by atoms with Crippen molar-refractivity contribution in [2.45, 2.75) is 0 Å². The first-order chi connectivity index (χ1) is 6.70. The van der Waals surface area contributed by atoms with Crippen molar-refractivity contribution in [1.82, 2.24) is 0 Å². The third kappa shape index (κ3) is 1.48. The summed E-state index contributed by atoms with van der Waals surface area (Å²) in [6.45, 7) is 0. The Hall–Kier alpha value is -1.42. The largest absolute Gasteiger partial charge is 0.497 e. The number of carbonyl (C=O) groups excluding carboxylic acids is 1. The van der Waals surface area contributed by atoms with Crippen molar-refractivity contribution in [3.63, 3.8) is 0 Å². The lowest BCUT2D eigenvalue weighted by Gasteiger charge is -2.17. The van der Waals surface area contributed by atoms with Crippen LogP contribution in [0, 0.1) is 5.92 Å². The van der Waals surface area contributed by atoms with Crippen LogP contribution in [-0.4, -0.2) is 24.0 Å². The normalized spacial score (nSPS) is 24.9. The Kier molecular flexibility index (Phi) is 2.21. The van der Waals surface area contributed by atoms with Gasteiger partial charge in [0.1, 0.15) is 11.7 Å². The van der Waals surface area contributed by atoms with Crippen molar-refractivity contribution in [2.24, 2.45) is 15.9 Å². The van der Waals surface area contributed by atoms with Crippen LogP contribution < -0.4 is 0 Å². The van der Waals surface area contributed by atoms with Crippen molar-refractivity contribution in [3.05, 3.63) is 24.0 Å². The Morgan fingerprint density at radius 2 is 2.29 bits per heavy atom. The molecule has 1 amide bonds. The quantitative estimate of drug-likeness (QED) is 0.612. The minimum Gasteiger partial charge on any atom is -0.497 e. The van der Waals surface area contributed by atoms with Crippen molar-refractivity contribution in [3.8, 4) is 0 Å². The second kappa shape index (κ2) is 3.38. The van der Waals surface area contributed by atoms with E-state index in [9.17, 15) is 4.79 Å². The van der Waals surface area contributed by atoms with Crippen LogP contribution in [0.1, 0.15) is 0 Å². The molecule has 0 N–H and O–H groups in total. The summed E-state index contributed by atoms with van der Waals surface area (Å²) in [5, 5.41) is -0.0248. The van der Waals surface area contributed by atoms with E-state index in [4.69, 9.17) is 16.3 Å². The molecule has 1 atom stereocenters. The van der Waals surface area contributed by atoms with E-state index < -0.39 is 5.92 Å². The van der Waals surface area contributed by atoms with Gasteiger partial charge in [0.25, 0.3) is 5.91 Å². The summed E-state index contributed by atoms with van der Waals surface area (Å²) in [4.78, 5) is 18.9. The second-order valence-electron chi connectivity index (χ2n) is 2.84. The number of ether oxygens (including phenoxy) is 1. The number of fused-ring (bicyclic) bond motifs is 1. The molecule has 0 radical (unpaired) electrons. The summed E-state index contributed by atoms with van der Waals surface area (Å²) < 4.78 is 5.01. The Bertz CT molecular complexity index is 407. The molecule has 0 aromatic rings. The van der Waals surface area contributed by atoms with E-state index in [1.807, 2.05) is 0 Å². The van der Waals surface area contributed by atoms with Gasteiger partial charge in [0.15, 0.2) is 0 Å². The van der Waals surface area contributed by atoms with Crippen LogP contribution in [0.5, 0.6) is 0 Å². The molecule has 1 heterocycles. The maximum atomic E-state index is 11.4. The van der Waals surface area contributed by atoms with E-state index in [2.05, 4.69) is 9.98 Å². The van der Waals surface area contributed by atoms with E-state index in [0.29, 0.717) is 11.5 Å². The van der Waals surface area contributed by atoms with Gasteiger partial charge in [0.05, 0.1) is 12.8 Å². The Balaban J connectivity index is 2.40. The van der Waals surface area contributed by atoms with Crippen LogP contribution >= 0.6 is 11.6 Å². The molecular weight excluding hydrogens is 204 g/mol. The van der Waals surface area contributed by atoms with Crippen LogP contribution in [-0.2, 0) is 9.53 Å². The molecule has 5 heteroatoms. The van der Waals surface area contributed by atoms with E-state index in [0.717, 1.165) is 0 Å². The Morgan fingerprint density at radius 3 is 3.00 bits per heavy atom. The van der Waals surface area contributed by atoms with Crippen molar-refractivity contribution in [2.75, 3.05) is 7.11 Å². The molecule has 2 rings (SSSR count). The summed E-state index contributed by atoms with van der Waals surface area (Å²) in [5.74, 6) is -0.0433. The average molecular weight is 211 g/mol. The lowest BCUT2D eigenvalue weighted by molar-refractivity contribution is -0.118. The molecule has 14 heavy (non-hydrogen) atoms. The van der Waals surface area contributed by atoms with Gasteiger partial charge in [-0.3, -0.25) is 4.79 Å². The zero-order valence-electron chi connectivity index (χ0n) is 7.40. The fraction of sp³-hybridized carbons (Fsp3) is 0.222. The number of rotatable bonds is 1. The summed E-state index contributed by atoms with van der Waals surface area (Å²) in [6.07, 6.45) is 5.10. The van der Waals surface area contributed by atoms with Gasteiger partial charge < -0.3 is 4.74 Å². The van der Waals surface area contributed by atoms with Crippen molar-refractivity contribution in [1.29, 1.82) is 0 Å². The molecule has 2 aliphatic rings. The molecule has 0 spiro atoms. The molecule has 0 aromatic heterocycles. The Morgan fingerprint density at radius 1 is 1.50 bits per heavy atom. The van der Waals surface area contributed by atoms with Gasteiger partial charge in [-0.25, -0.2) is 4.99 Å². The number of aliphatic imine (C=N–C) groups is 2. The predicted octanol–water partition coefficient (Wildman–Crippen LogP) is 1.28. The second-order valence-corrected chi connectivity index (χ2v) is 3.18. The number of halogens is 1. The zero-order chi connectivity index (χ0) is 10.1. The average Bonchev–Trinajstić information content (AvgIpc) is 2.16. The number of nitrogens with zero attached hydrogens (tertiary/aromatic N) is 2. The number of allylic oxidation sites excluding steroid dienone is 2. The molecule has 72 valence electrons. The highest BCUT2D eigenvalue weighted by Gasteiger charge is 2.27. The van der Waals surface area contributed by atoms with Crippen LogP contribution in [0.25, 0.3) is 0 Å². The number of hydrogen-bond acceptors (Lipinski definition) is 3. The molecular formula is C9H7ClN2O2. The third-order valence-corrected chi connectivity index (χ3v) is 2.16. The lowest BCUT2D eigenvalue weighted by Crippen LogP contribution is -2.26. The summed E-state index contributed by atoms with van der Waals surface area (Å²) in [5.41, 5.74) is 0.578. The SMILES string of the molecule is COC1=CC2=NC(Cl)=NC(=O)C2C=C1. The Labute approximate surface area is 85.6 Å². The fourth-order valence-electron chi connectivity index (χ4n) is 1.30. The first kappa shape index (κ1) is 9.15. The standard InChI is InChI=1S/C9H7ClN2O2/c1-14-5-2-3-6-7(4-5)11-9(10)12-8(6)13/h2-4,6H,1H3. The highest BCUT2D eigenvalue weighted by atomic mass is 35.5. The minimum atomic E-state index is -0.406. The minimum absolute atomic E-state index is 0.0248. The van der Waals surface area contributed by atoms with Gasteiger partial charge in [0, 0.05) is 6.08 Å². The zero-order valence-corrected chi connectivity index (χ0v) is 8.15. The van der Waals surface area contributed by atoms with E-state index in [1.54, 1.807) is 25.3 Å². The van der Waals surface area contributed by atoms with E-state index in [1.165, 1.54) is 0 Å². The molecule has 0 fully saturated rings. The number of amidine groups is 1. The third-order valence-electron chi connectivity index (χ3n) is 1.99. The van der Waals surface area contributed by atoms with Crippen molar-refractivity contribution >= 4 is 28.5 Å². The number of hydrogen-bond donors (Lipinski definition) is 0. The molecule has 4 nitrogen and oxygen atoms in total. The number of methoxy groups -OCH3 is 1. The molecule has 0 aromatic carbocycles. The van der Waals surface area contributed by atoms with Gasteiger partial charge in [-0.05, 0) is 17.7 Å². The van der Waals surface area contributed by atoms with Crippen LogP contribution in [0.4, 0.5) is 0 Å². The topological polar surface area (TPSA) is 51.0 Å². The van der Waals surface area contributed by atoms with Crippen LogP contribution in [0.2, 0.25) is 0 Å². The van der Waals surface area contributed by atoms with Crippen molar-refractivity contribution < 1.29 is 9.53 Å². The van der Waals surface area contributed by atoms with Crippen LogP contribution in [0.15, 0.2) is 34.0 Å². The summed E-state index contributed by atoms with van der Waals surface area (Å²) >= 11 is 5.57. The van der Waals surface area contributed by atoms with E-state index >= 15 is 0 Å². The van der Waals surface area contributed by atoms with E-state index in [-0.39, 0.29) is 11.2 Å². The number of amides is 1. The molecule has 0 saturated heterocycles. The maximum absolute atomic E-state index is 11.4. The first-order valence-electron chi connectivity index (χ1n) is 4.01. The number of carbonyl (C=O) groups is 1. The molecule has 0 bridgehead atoms. The van der Waals surface area contributed by atoms with Gasteiger partial charge >= 0.3 is 0 Å². The molecule has 1 aliphatic heterocycles. The maximum Gasteiger partial charge on any atom is 0.261 e. The van der Waals surface area contributed by atoms with Gasteiger partial charge in [-0.2, -0.15) is 4.99 Å². The van der Waals surface area contributed by atoms with Crippen LogP contribution in [0.3, 0.4) is 0 Å². The first-order valence-corrected chi connectivity index (χ1v) is 4.39. The van der Waals surface area contributed by atoms with Gasteiger partial charge in [0.2, 0.25) is 5.29 Å². The summed E-state index contributed by atoms with van der Waals surface area (Å²) in [6, 6.07) is 0. The molecule has 1 unspecified atom stereocenters. The molecule has 0 saturated carbocycles. The van der Waals surface area contributed by atoms with Gasteiger partial charge in [-0.1, -0.05) is 6.08 Å². The smallest absolute Gasteiger partial charge is 0.261 e. The predicted molar refractivity (Wildman–Crippen MR) is 53.5 cm³/mol. The lowest BCUT2D eigenvalue weighted by atomic mass is 9.96. The highest BCUT2D eigenvalue weighted by molar-refractivity contribution is 6.67. The summed E-state index contributed by atoms with van der Waals surface area (Å²) in [7, 11) is 1.55. The highest BCUT2D eigenvalue weighted by Crippen LogP contribution is 2.20. The van der Waals surface area contributed by atoms with Gasteiger partial charge in [-0.15, -0.1) is 0 Å². The monoisotopic (exact) mass is 210 g/mol. The fourth-order valence-corrected chi connectivity index (χ4v) is 1.48.